The Morgan fingerprint density at radius 2 is 1.82 bits per heavy atom. The normalized spacial score (nSPS) is 12.8. The molecule has 0 heterocycles. The Kier molecular flexibility index (Phi) is 3.50. The molecule has 0 saturated heterocycles. The van der Waals surface area contributed by atoms with Gasteiger partial charge in [0.2, 0.25) is 10.0 Å². The van der Waals surface area contributed by atoms with Crippen molar-refractivity contribution in [3.63, 3.8) is 0 Å². The number of nitrogen functional groups attached to an aromatic ring is 1. The van der Waals surface area contributed by atoms with Gasteiger partial charge in [-0.05, 0) is 39.8 Å². The number of rotatable bonds is 2. The molecule has 6 heteroatoms. The Hall–Kier alpha value is -1.14. The zero-order valence-electron chi connectivity index (χ0n) is 10.3. The summed E-state index contributed by atoms with van der Waals surface area (Å²) in [6.07, 6.45) is 0. The lowest BCUT2D eigenvalue weighted by molar-refractivity contribution is 0.491. The van der Waals surface area contributed by atoms with E-state index in [1.807, 2.05) is 0 Å². The van der Waals surface area contributed by atoms with E-state index in [0.29, 0.717) is 0 Å². The number of hydrogen-bond acceptors (Lipinski definition) is 3. The maximum atomic E-state index is 13.4. The van der Waals surface area contributed by atoms with Crippen molar-refractivity contribution in [3.8, 4) is 0 Å². The van der Waals surface area contributed by atoms with Crippen molar-refractivity contribution in [2.75, 3.05) is 5.73 Å². The van der Waals surface area contributed by atoms with Crippen molar-refractivity contribution in [2.24, 2.45) is 0 Å². The van der Waals surface area contributed by atoms with Crippen LogP contribution in [0.3, 0.4) is 0 Å². The van der Waals surface area contributed by atoms with Crippen molar-refractivity contribution < 1.29 is 12.8 Å². The average molecular weight is 260 g/mol. The molecule has 1 aromatic carbocycles. The highest BCUT2D eigenvalue weighted by molar-refractivity contribution is 7.89. The van der Waals surface area contributed by atoms with Gasteiger partial charge in [0.25, 0.3) is 0 Å². The van der Waals surface area contributed by atoms with E-state index >= 15 is 0 Å². The molecule has 1 rings (SSSR count). The minimum absolute atomic E-state index is 0.124. The molecule has 0 aliphatic heterocycles. The Morgan fingerprint density at radius 1 is 1.29 bits per heavy atom. The van der Waals surface area contributed by atoms with Gasteiger partial charge in [0.1, 0.15) is 5.82 Å². The number of benzene rings is 1. The van der Waals surface area contributed by atoms with Gasteiger partial charge < -0.3 is 5.73 Å². The molecular weight excluding hydrogens is 243 g/mol. The van der Waals surface area contributed by atoms with E-state index in [0.717, 1.165) is 6.07 Å². The summed E-state index contributed by atoms with van der Waals surface area (Å²) in [5.41, 5.74) is 5.29. The fourth-order valence-electron chi connectivity index (χ4n) is 1.29. The van der Waals surface area contributed by atoms with E-state index in [4.69, 9.17) is 5.73 Å². The molecule has 4 nitrogen and oxygen atoms in total. The molecule has 0 amide bonds. The summed E-state index contributed by atoms with van der Waals surface area (Å²) in [7, 11) is -3.75. The van der Waals surface area contributed by atoms with E-state index in [1.54, 1.807) is 20.8 Å². The lowest BCUT2D eigenvalue weighted by Gasteiger charge is -2.20. The second-order valence-corrected chi connectivity index (χ2v) is 6.66. The predicted molar refractivity (Wildman–Crippen MR) is 65.6 cm³/mol. The van der Waals surface area contributed by atoms with Crippen LogP contribution in [-0.2, 0) is 10.0 Å². The third kappa shape index (κ3) is 3.41. The number of halogens is 1. The van der Waals surface area contributed by atoms with Gasteiger partial charge in [-0.15, -0.1) is 0 Å². The highest BCUT2D eigenvalue weighted by atomic mass is 32.2. The van der Waals surface area contributed by atoms with Crippen LogP contribution in [0.1, 0.15) is 26.3 Å². The maximum Gasteiger partial charge on any atom is 0.241 e. The van der Waals surface area contributed by atoms with Gasteiger partial charge in [-0.2, -0.15) is 0 Å². The molecule has 0 aliphatic carbocycles. The van der Waals surface area contributed by atoms with E-state index in [-0.39, 0.29) is 16.1 Å². The fraction of sp³-hybridized carbons (Fsp3) is 0.455. The average Bonchev–Trinajstić information content (AvgIpc) is 2.09. The first kappa shape index (κ1) is 13.9. The van der Waals surface area contributed by atoms with Gasteiger partial charge in [-0.25, -0.2) is 17.5 Å². The van der Waals surface area contributed by atoms with Crippen LogP contribution in [0, 0.1) is 12.7 Å². The van der Waals surface area contributed by atoms with Gasteiger partial charge in [-0.1, -0.05) is 0 Å². The lowest BCUT2D eigenvalue weighted by Crippen LogP contribution is -2.40. The van der Waals surface area contributed by atoms with Gasteiger partial charge in [0.05, 0.1) is 4.90 Å². The van der Waals surface area contributed by atoms with Crippen LogP contribution >= 0.6 is 0 Å². The predicted octanol–water partition coefficient (Wildman–Crippen LogP) is 1.79. The van der Waals surface area contributed by atoms with Crippen molar-refractivity contribution in [1.82, 2.24) is 4.72 Å². The highest BCUT2D eigenvalue weighted by Gasteiger charge is 2.23. The van der Waals surface area contributed by atoms with Crippen molar-refractivity contribution in [2.45, 2.75) is 38.1 Å². The third-order valence-corrected chi connectivity index (χ3v) is 3.85. The summed E-state index contributed by atoms with van der Waals surface area (Å²) in [5.74, 6) is -0.626. The molecule has 0 unspecified atom stereocenters. The summed E-state index contributed by atoms with van der Waals surface area (Å²) < 4.78 is 39.7. The van der Waals surface area contributed by atoms with E-state index < -0.39 is 21.4 Å². The zero-order valence-corrected chi connectivity index (χ0v) is 11.2. The van der Waals surface area contributed by atoms with Crippen molar-refractivity contribution in [3.05, 3.63) is 23.5 Å². The highest BCUT2D eigenvalue weighted by Crippen LogP contribution is 2.21. The molecular formula is C11H17FN2O2S. The van der Waals surface area contributed by atoms with Crippen LogP contribution in [0.5, 0.6) is 0 Å². The second kappa shape index (κ2) is 4.27. The quantitative estimate of drug-likeness (QED) is 0.796. The monoisotopic (exact) mass is 260 g/mol. The minimum Gasteiger partial charge on any atom is -0.398 e. The van der Waals surface area contributed by atoms with Crippen LogP contribution in [0.15, 0.2) is 17.0 Å². The molecule has 17 heavy (non-hydrogen) atoms. The van der Waals surface area contributed by atoms with E-state index in [1.165, 1.54) is 13.0 Å². The van der Waals surface area contributed by atoms with Gasteiger partial charge in [-0.3, -0.25) is 0 Å². The first-order valence-corrected chi connectivity index (χ1v) is 6.61. The Morgan fingerprint density at radius 3 is 2.24 bits per heavy atom. The minimum atomic E-state index is -3.75. The first-order chi connectivity index (χ1) is 7.53. The SMILES string of the molecule is Cc1c(N)cc(S(=O)(=O)NC(C)(C)C)cc1F. The summed E-state index contributed by atoms with van der Waals surface area (Å²) >= 11 is 0. The Bertz CT molecular complexity index is 510. The van der Waals surface area contributed by atoms with Crippen LogP contribution in [0.4, 0.5) is 10.1 Å². The molecule has 0 fully saturated rings. The molecule has 0 saturated carbocycles. The van der Waals surface area contributed by atoms with Crippen molar-refractivity contribution >= 4 is 15.7 Å². The standard InChI is InChI=1S/C11H17FN2O2S/c1-7-9(12)5-8(6-10(7)13)17(15,16)14-11(2,3)4/h5-6,14H,13H2,1-4H3. The Labute approximate surface area is 101 Å². The topological polar surface area (TPSA) is 72.2 Å². The summed E-state index contributed by atoms with van der Waals surface area (Å²) in [6, 6.07) is 2.23. The van der Waals surface area contributed by atoms with Crippen LogP contribution in [0.25, 0.3) is 0 Å². The fourth-order valence-corrected chi connectivity index (χ4v) is 2.76. The molecule has 96 valence electrons. The first-order valence-electron chi connectivity index (χ1n) is 5.12. The molecule has 0 aliphatic rings. The number of sulfonamides is 1. The summed E-state index contributed by atoms with van der Waals surface area (Å²) in [5, 5.41) is 0. The molecule has 0 bridgehead atoms. The molecule has 3 N–H and O–H groups in total. The third-order valence-electron chi connectivity index (χ3n) is 2.11. The number of nitrogens with one attached hydrogen (secondary N) is 1. The van der Waals surface area contributed by atoms with Crippen LogP contribution in [-0.4, -0.2) is 14.0 Å². The number of nitrogens with two attached hydrogens (primary N) is 1. The maximum absolute atomic E-state index is 13.4. The van der Waals surface area contributed by atoms with E-state index in [9.17, 15) is 12.8 Å². The zero-order chi connectivity index (χ0) is 13.4. The van der Waals surface area contributed by atoms with Gasteiger partial charge in [0, 0.05) is 16.8 Å². The lowest BCUT2D eigenvalue weighted by atomic mass is 10.1. The molecule has 0 aromatic heterocycles. The van der Waals surface area contributed by atoms with Crippen LogP contribution in [0.2, 0.25) is 0 Å². The molecule has 1 aromatic rings. The smallest absolute Gasteiger partial charge is 0.241 e. The van der Waals surface area contributed by atoms with Gasteiger partial charge in [0.15, 0.2) is 0 Å². The molecule has 0 spiro atoms. The summed E-state index contributed by atoms with van der Waals surface area (Å²) in [4.78, 5) is -0.159. The van der Waals surface area contributed by atoms with Crippen molar-refractivity contribution in [1.29, 1.82) is 0 Å². The van der Waals surface area contributed by atoms with Crippen LogP contribution < -0.4 is 10.5 Å². The number of anilines is 1. The van der Waals surface area contributed by atoms with E-state index in [2.05, 4.69) is 4.72 Å². The number of hydrogen-bond donors (Lipinski definition) is 2. The Balaban J connectivity index is 3.26. The molecule has 0 radical (unpaired) electrons. The summed E-state index contributed by atoms with van der Waals surface area (Å²) in [6.45, 7) is 6.62. The largest absolute Gasteiger partial charge is 0.398 e. The second-order valence-electron chi connectivity index (χ2n) is 4.97. The van der Waals surface area contributed by atoms with Gasteiger partial charge >= 0.3 is 0 Å². The molecule has 0 atom stereocenters.